The summed E-state index contributed by atoms with van der Waals surface area (Å²) in [5.74, 6) is -0.432. The van der Waals surface area contributed by atoms with Crippen molar-refractivity contribution in [2.24, 2.45) is 0 Å². The van der Waals surface area contributed by atoms with E-state index >= 15 is 0 Å². The molecule has 0 saturated heterocycles. The third kappa shape index (κ3) is 2.80. The van der Waals surface area contributed by atoms with Crippen molar-refractivity contribution in [3.8, 4) is 5.75 Å². The van der Waals surface area contributed by atoms with Gasteiger partial charge >= 0.3 is 5.97 Å². The number of aliphatic carboxylic acids is 1. The van der Waals surface area contributed by atoms with Gasteiger partial charge in [0.25, 0.3) is 0 Å². The Hall–Kier alpha value is -1.48. The van der Waals surface area contributed by atoms with Gasteiger partial charge in [-0.3, -0.25) is 0 Å². The van der Waals surface area contributed by atoms with E-state index in [1.54, 1.807) is 26.0 Å². The Morgan fingerprint density at radius 3 is 2.35 bits per heavy atom. The van der Waals surface area contributed by atoms with E-state index < -0.39 is 5.97 Å². The number of hydrogen-bond donors (Lipinski definition) is 1. The lowest BCUT2D eigenvalue weighted by atomic mass is 9.98. The Morgan fingerprint density at radius 1 is 1.35 bits per heavy atom. The standard InChI is InChI=1S/C13H15ClO3/c1-7(2)11(13(15)16)10-6-9(14)5-8(3)12(10)17-4/h5-6H,1-4H3,(H,15,16). The van der Waals surface area contributed by atoms with Crippen molar-refractivity contribution in [3.63, 3.8) is 0 Å². The number of carboxylic acid groups (broad SMARTS) is 1. The van der Waals surface area contributed by atoms with Gasteiger partial charge in [0.15, 0.2) is 0 Å². The summed E-state index contributed by atoms with van der Waals surface area (Å²) >= 11 is 5.96. The van der Waals surface area contributed by atoms with Crippen molar-refractivity contribution in [3.05, 3.63) is 33.9 Å². The van der Waals surface area contributed by atoms with Gasteiger partial charge in [0.05, 0.1) is 12.7 Å². The number of ether oxygens (including phenoxy) is 1. The molecule has 0 fully saturated rings. The molecule has 1 aromatic rings. The van der Waals surface area contributed by atoms with E-state index in [9.17, 15) is 9.90 Å². The number of benzene rings is 1. The monoisotopic (exact) mass is 254 g/mol. The Bertz CT molecular complexity index is 486. The van der Waals surface area contributed by atoms with Crippen LogP contribution in [0.2, 0.25) is 5.02 Å². The van der Waals surface area contributed by atoms with Crippen molar-refractivity contribution in [2.45, 2.75) is 20.8 Å². The normalized spacial score (nSPS) is 9.94. The number of methoxy groups -OCH3 is 1. The Kier molecular flexibility index (Phi) is 4.18. The van der Waals surface area contributed by atoms with E-state index in [0.29, 0.717) is 21.9 Å². The van der Waals surface area contributed by atoms with Crippen LogP contribution in [0.1, 0.15) is 25.0 Å². The fourth-order valence-corrected chi connectivity index (χ4v) is 2.06. The van der Waals surface area contributed by atoms with Gasteiger partial charge in [0, 0.05) is 10.6 Å². The van der Waals surface area contributed by atoms with Crippen LogP contribution in [0.15, 0.2) is 17.7 Å². The van der Waals surface area contributed by atoms with Crippen molar-refractivity contribution < 1.29 is 14.6 Å². The van der Waals surface area contributed by atoms with Crippen LogP contribution in [-0.2, 0) is 4.79 Å². The zero-order chi connectivity index (χ0) is 13.2. The predicted molar refractivity (Wildman–Crippen MR) is 68.6 cm³/mol. The van der Waals surface area contributed by atoms with Gasteiger partial charge in [-0.05, 0) is 38.5 Å². The zero-order valence-electron chi connectivity index (χ0n) is 10.3. The quantitative estimate of drug-likeness (QED) is 0.840. The lowest BCUT2D eigenvalue weighted by molar-refractivity contribution is -0.130. The van der Waals surface area contributed by atoms with Gasteiger partial charge in [-0.2, -0.15) is 0 Å². The maximum atomic E-state index is 11.3. The molecule has 4 heteroatoms. The lowest BCUT2D eigenvalue weighted by Gasteiger charge is -2.14. The van der Waals surface area contributed by atoms with Gasteiger partial charge in [-0.15, -0.1) is 0 Å². The minimum Gasteiger partial charge on any atom is -0.496 e. The molecule has 0 heterocycles. The SMILES string of the molecule is COc1c(C)cc(Cl)cc1C(C(=O)O)=C(C)C. The molecule has 0 spiro atoms. The van der Waals surface area contributed by atoms with Crippen LogP contribution in [0.4, 0.5) is 0 Å². The Morgan fingerprint density at radius 2 is 1.94 bits per heavy atom. The average Bonchev–Trinajstić information content (AvgIpc) is 2.15. The van der Waals surface area contributed by atoms with Crippen LogP contribution in [0.25, 0.3) is 5.57 Å². The molecule has 92 valence electrons. The zero-order valence-corrected chi connectivity index (χ0v) is 11.1. The van der Waals surface area contributed by atoms with Crippen LogP contribution in [-0.4, -0.2) is 18.2 Å². The molecule has 3 nitrogen and oxygen atoms in total. The predicted octanol–water partition coefficient (Wildman–Crippen LogP) is 3.54. The minimum absolute atomic E-state index is 0.229. The molecular formula is C13H15ClO3. The van der Waals surface area contributed by atoms with Gasteiger partial charge < -0.3 is 9.84 Å². The minimum atomic E-state index is -0.982. The van der Waals surface area contributed by atoms with Crippen LogP contribution >= 0.6 is 11.6 Å². The van der Waals surface area contributed by atoms with Gasteiger partial charge in [0.1, 0.15) is 5.75 Å². The number of carbonyl (C=O) groups is 1. The second-order valence-corrected chi connectivity index (χ2v) is 4.42. The maximum Gasteiger partial charge on any atom is 0.336 e. The first-order chi connectivity index (χ1) is 7.88. The van der Waals surface area contributed by atoms with Crippen LogP contribution in [0, 0.1) is 6.92 Å². The first kappa shape index (κ1) is 13.6. The highest BCUT2D eigenvalue weighted by atomic mass is 35.5. The molecule has 0 aromatic heterocycles. The van der Waals surface area contributed by atoms with Gasteiger partial charge in [-0.25, -0.2) is 4.79 Å². The summed E-state index contributed by atoms with van der Waals surface area (Å²) in [5, 5.41) is 9.74. The second-order valence-electron chi connectivity index (χ2n) is 3.98. The summed E-state index contributed by atoms with van der Waals surface area (Å²) in [7, 11) is 1.52. The Labute approximate surface area is 106 Å². The van der Waals surface area contributed by atoms with E-state index in [4.69, 9.17) is 16.3 Å². The topological polar surface area (TPSA) is 46.5 Å². The molecule has 0 atom stereocenters. The highest BCUT2D eigenvalue weighted by molar-refractivity contribution is 6.31. The molecule has 17 heavy (non-hydrogen) atoms. The van der Waals surface area contributed by atoms with Crippen molar-refractivity contribution in [1.29, 1.82) is 0 Å². The lowest BCUT2D eigenvalue weighted by Crippen LogP contribution is -2.04. The molecule has 0 radical (unpaired) electrons. The Balaban J connectivity index is 3.59. The fourth-order valence-electron chi connectivity index (χ4n) is 1.78. The summed E-state index contributed by atoms with van der Waals surface area (Å²) in [5.41, 5.74) is 2.27. The van der Waals surface area contributed by atoms with E-state index in [2.05, 4.69) is 0 Å². The molecule has 0 saturated carbocycles. The molecule has 0 amide bonds. The van der Waals surface area contributed by atoms with Crippen molar-refractivity contribution in [1.82, 2.24) is 0 Å². The van der Waals surface area contributed by atoms with Crippen LogP contribution < -0.4 is 4.74 Å². The first-order valence-corrected chi connectivity index (χ1v) is 5.51. The van der Waals surface area contributed by atoms with Gasteiger partial charge in [-0.1, -0.05) is 17.2 Å². The number of halogens is 1. The summed E-state index contributed by atoms with van der Waals surface area (Å²) in [6, 6.07) is 3.36. The average molecular weight is 255 g/mol. The van der Waals surface area contributed by atoms with Crippen LogP contribution in [0.5, 0.6) is 5.75 Å². The number of hydrogen-bond acceptors (Lipinski definition) is 2. The molecule has 1 aromatic carbocycles. The molecule has 0 aliphatic carbocycles. The third-order valence-electron chi connectivity index (χ3n) is 2.43. The highest BCUT2D eigenvalue weighted by Crippen LogP contribution is 2.34. The molecule has 0 unspecified atom stereocenters. The van der Waals surface area contributed by atoms with E-state index in [-0.39, 0.29) is 5.57 Å². The van der Waals surface area contributed by atoms with Gasteiger partial charge in [0.2, 0.25) is 0 Å². The number of aryl methyl sites for hydroxylation is 1. The van der Waals surface area contributed by atoms with E-state index in [0.717, 1.165) is 5.56 Å². The summed E-state index contributed by atoms with van der Waals surface area (Å²) in [6.07, 6.45) is 0. The molecule has 1 N–H and O–H groups in total. The molecular weight excluding hydrogens is 240 g/mol. The molecule has 0 bridgehead atoms. The van der Waals surface area contributed by atoms with Crippen LogP contribution in [0.3, 0.4) is 0 Å². The van der Waals surface area contributed by atoms with E-state index in [1.165, 1.54) is 7.11 Å². The third-order valence-corrected chi connectivity index (χ3v) is 2.64. The fraction of sp³-hybridized carbons (Fsp3) is 0.308. The summed E-state index contributed by atoms with van der Waals surface area (Å²) in [4.78, 5) is 11.3. The second kappa shape index (κ2) is 5.23. The number of carboxylic acids is 1. The maximum absolute atomic E-state index is 11.3. The first-order valence-electron chi connectivity index (χ1n) is 5.13. The summed E-state index contributed by atoms with van der Waals surface area (Å²) in [6.45, 7) is 5.33. The smallest absolute Gasteiger partial charge is 0.336 e. The molecule has 0 aliphatic rings. The van der Waals surface area contributed by atoms with E-state index in [1.807, 2.05) is 6.92 Å². The largest absolute Gasteiger partial charge is 0.496 e. The highest BCUT2D eigenvalue weighted by Gasteiger charge is 2.19. The molecule has 1 rings (SSSR count). The summed E-state index contributed by atoms with van der Waals surface area (Å²) < 4.78 is 5.26. The van der Waals surface area contributed by atoms with Crippen molar-refractivity contribution in [2.75, 3.05) is 7.11 Å². The van der Waals surface area contributed by atoms with Crippen molar-refractivity contribution >= 4 is 23.1 Å². The number of allylic oxidation sites excluding steroid dienone is 1. The number of rotatable bonds is 3. The molecule has 0 aliphatic heterocycles.